The fraction of sp³-hybridized carbons (Fsp3) is 0.167. The molecule has 1 heterocycles. The average molecular weight is 376 g/mol. The van der Waals surface area contributed by atoms with Crippen LogP contribution in [0.3, 0.4) is 0 Å². The van der Waals surface area contributed by atoms with E-state index in [1.165, 1.54) is 10.9 Å². The maximum absolute atomic E-state index is 12.7. The van der Waals surface area contributed by atoms with E-state index in [1.807, 2.05) is 13.0 Å². The van der Waals surface area contributed by atoms with Crippen LogP contribution in [0.15, 0.2) is 53.6 Å². The van der Waals surface area contributed by atoms with E-state index in [-0.39, 0.29) is 11.5 Å². The Hall–Kier alpha value is -2.37. The molecule has 1 aromatic heterocycles. The molecule has 25 heavy (non-hydrogen) atoms. The van der Waals surface area contributed by atoms with Gasteiger partial charge in [0.15, 0.2) is 0 Å². The second-order valence-corrected chi connectivity index (χ2v) is 6.42. The van der Waals surface area contributed by atoms with E-state index < -0.39 is 6.04 Å². The summed E-state index contributed by atoms with van der Waals surface area (Å²) in [6.45, 7) is 1.83. The third kappa shape index (κ3) is 3.67. The predicted molar refractivity (Wildman–Crippen MR) is 100 cm³/mol. The first-order valence-corrected chi connectivity index (χ1v) is 8.48. The maximum Gasteiger partial charge on any atom is 0.261 e. The fourth-order valence-corrected chi connectivity index (χ4v) is 3.19. The maximum atomic E-state index is 12.7. The summed E-state index contributed by atoms with van der Waals surface area (Å²) in [5, 5.41) is 4.06. The van der Waals surface area contributed by atoms with Crippen LogP contribution in [0.2, 0.25) is 10.0 Å². The van der Waals surface area contributed by atoms with Crippen LogP contribution in [0.5, 0.6) is 0 Å². The van der Waals surface area contributed by atoms with Crippen molar-refractivity contribution in [3.05, 3.63) is 69.2 Å². The van der Waals surface area contributed by atoms with Crippen LogP contribution in [-0.4, -0.2) is 15.5 Å². The molecule has 5 nitrogen and oxygen atoms in total. The van der Waals surface area contributed by atoms with Crippen LogP contribution in [0.1, 0.15) is 19.4 Å². The van der Waals surface area contributed by atoms with E-state index in [9.17, 15) is 9.59 Å². The standard InChI is InChI=1S/C18H15Cl2N3O2/c1-2-16(17(24)22-13-8-11(19)7-12(20)9-13)23-10-21-15-6-4-3-5-14(15)18(23)25/h3-10,16H,2H2,1H3,(H,22,24). The third-order valence-corrected chi connectivity index (χ3v) is 4.28. The lowest BCUT2D eigenvalue weighted by Crippen LogP contribution is -2.33. The van der Waals surface area contributed by atoms with Gasteiger partial charge in [0.2, 0.25) is 5.91 Å². The van der Waals surface area contributed by atoms with Gasteiger partial charge in [0.1, 0.15) is 6.04 Å². The van der Waals surface area contributed by atoms with Crippen molar-refractivity contribution in [1.82, 2.24) is 9.55 Å². The smallest absolute Gasteiger partial charge is 0.261 e. The second kappa shape index (κ2) is 7.25. The van der Waals surface area contributed by atoms with Gasteiger partial charge >= 0.3 is 0 Å². The Labute approximate surface area is 154 Å². The monoisotopic (exact) mass is 375 g/mol. The summed E-state index contributed by atoms with van der Waals surface area (Å²) in [4.78, 5) is 29.6. The highest BCUT2D eigenvalue weighted by molar-refractivity contribution is 6.35. The van der Waals surface area contributed by atoms with E-state index in [2.05, 4.69) is 10.3 Å². The molecule has 0 saturated heterocycles. The van der Waals surface area contributed by atoms with Gasteiger partial charge in [-0.25, -0.2) is 4.98 Å². The Morgan fingerprint density at radius 3 is 2.56 bits per heavy atom. The van der Waals surface area contributed by atoms with Gasteiger partial charge in [0.25, 0.3) is 5.56 Å². The summed E-state index contributed by atoms with van der Waals surface area (Å²) in [5.74, 6) is -0.333. The predicted octanol–water partition coefficient (Wildman–Crippen LogP) is 4.29. The second-order valence-electron chi connectivity index (χ2n) is 5.55. The van der Waals surface area contributed by atoms with Crippen LogP contribution in [0.4, 0.5) is 5.69 Å². The van der Waals surface area contributed by atoms with Crippen molar-refractivity contribution in [2.45, 2.75) is 19.4 Å². The van der Waals surface area contributed by atoms with E-state index in [4.69, 9.17) is 23.2 Å². The van der Waals surface area contributed by atoms with Crippen molar-refractivity contribution in [1.29, 1.82) is 0 Å². The van der Waals surface area contributed by atoms with Crippen LogP contribution >= 0.6 is 23.2 Å². The first kappa shape index (κ1) is 17.5. The molecule has 1 atom stereocenters. The van der Waals surface area contributed by atoms with Gasteiger partial charge in [-0.1, -0.05) is 42.3 Å². The highest BCUT2D eigenvalue weighted by Crippen LogP contribution is 2.23. The Bertz CT molecular complexity index is 981. The third-order valence-electron chi connectivity index (χ3n) is 3.85. The molecule has 0 aliphatic rings. The summed E-state index contributed by atoms with van der Waals surface area (Å²) in [5.41, 5.74) is 0.820. The zero-order valence-electron chi connectivity index (χ0n) is 13.4. The van der Waals surface area contributed by atoms with Gasteiger partial charge in [-0.2, -0.15) is 0 Å². The highest BCUT2D eigenvalue weighted by Gasteiger charge is 2.21. The molecule has 3 aromatic rings. The molecule has 2 aromatic carbocycles. The first-order valence-electron chi connectivity index (χ1n) is 7.72. The molecule has 0 radical (unpaired) electrons. The number of benzene rings is 2. The van der Waals surface area contributed by atoms with Crippen LogP contribution in [0, 0.1) is 0 Å². The average Bonchev–Trinajstić information content (AvgIpc) is 2.57. The molecular weight excluding hydrogens is 361 g/mol. The van der Waals surface area contributed by atoms with Gasteiger partial charge in [0, 0.05) is 15.7 Å². The first-order chi connectivity index (χ1) is 12.0. The number of nitrogens with one attached hydrogen (secondary N) is 1. The Morgan fingerprint density at radius 1 is 1.20 bits per heavy atom. The molecule has 7 heteroatoms. The number of rotatable bonds is 4. The van der Waals surface area contributed by atoms with E-state index in [0.29, 0.717) is 33.1 Å². The van der Waals surface area contributed by atoms with Gasteiger partial charge in [-0.3, -0.25) is 14.2 Å². The minimum atomic E-state index is -0.692. The minimum absolute atomic E-state index is 0.253. The summed E-state index contributed by atoms with van der Waals surface area (Å²) in [7, 11) is 0. The van der Waals surface area contributed by atoms with Gasteiger partial charge in [-0.05, 0) is 36.8 Å². The van der Waals surface area contributed by atoms with Gasteiger partial charge in [-0.15, -0.1) is 0 Å². The van der Waals surface area contributed by atoms with Crippen molar-refractivity contribution < 1.29 is 4.79 Å². The number of aromatic nitrogens is 2. The lowest BCUT2D eigenvalue weighted by Gasteiger charge is -2.18. The minimum Gasteiger partial charge on any atom is -0.324 e. The number of carbonyl (C=O) groups excluding carboxylic acids is 1. The number of amides is 1. The number of nitrogens with zero attached hydrogens (tertiary/aromatic N) is 2. The molecule has 1 amide bonds. The van der Waals surface area contributed by atoms with Crippen LogP contribution in [0.25, 0.3) is 10.9 Å². The topological polar surface area (TPSA) is 64.0 Å². The fourth-order valence-electron chi connectivity index (χ4n) is 2.66. The zero-order valence-corrected chi connectivity index (χ0v) is 14.9. The van der Waals surface area contributed by atoms with Crippen LogP contribution in [-0.2, 0) is 4.79 Å². The SMILES string of the molecule is CCC(C(=O)Nc1cc(Cl)cc(Cl)c1)n1cnc2ccccc2c1=O. The molecule has 0 fully saturated rings. The largest absolute Gasteiger partial charge is 0.324 e. The number of hydrogen-bond acceptors (Lipinski definition) is 3. The number of halogens is 2. The van der Waals surface area contributed by atoms with Crippen molar-refractivity contribution >= 4 is 45.7 Å². The van der Waals surface area contributed by atoms with Crippen molar-refractivity contribution in [2.75, 3.05) is 5.32 Å². The molecule has 1 N–H and O–H groups in total. The summed E-state index contributed by atoms with van der Waals surface area (Å²) in [6, 6.07) is 11.1. The quantitative estimate of drug-likeness (QED) is 0.739. The summed E-state index contributed by atoms with van der Waals surface area (Å²) in [6.07, 6.45) is 1.84. The Kier molecular flexibility index (Phi) is 5.06. The molecule has 0 aliphatic carbocycles. The number of anilines is 1. The zero-order chi connectivity index (χ0) is 18.0. The molecule has 0 bridgehead atoms. The summed E-state index contributed by atoms with van der Waals surface area (Å²) >= 11 is 11.9. The van der Waals surface area contributed by atoms with Crippen molar-refractivity contribution in [3.63, 3.8) is 0 Å². The normalized spacial score (nSPS) is 12.1. The van der Waals surface area contributed by atoms with E-state index in [0.717, 1.165) is 0 Å². The Morgan fingerprint density at radius 2 is 1.88 bits per heavy atom. The molecule has 3 rings (SSSR count). The molecular formula is C18H15Cl2N3O2. The molecule has 128 valence electrons. The van der Waals surface area contributed by atoms with E-state index in [1.54, 1.807) is 36.4 Å². The number of hydrogen-bond donors (Lipinski definition) is 1. The highest BCUT2D eigenvalue weighted by atomic mass is 35.5. The van der Waals surface area contributed by atoms with Crippen molar-refractivity contribution in [2.24, 2.45) is 0 Å². The van der Waals surface area contributed by atoms with E-state index >= 15 is 0 Å². The number of para-hydroxylation sites is 1. The molecule has 0 aliphatic heterocycles. The van der Waals surface area contributed by atoms with Gasteiger partial charge < -0.3 is 5.32 Å². The number of fused-ring (bicyclic) bond motifs is 1. The van der Waals surface area contributed by atoms with Crippen LogP contribution < -0.4 is 10.9 Å². The van der Waals surface area contributed by atoms with Gasteiger partial charge in [0.05, 0.1) is 17.2 Å². The molecule has 1 unspecified atom stereocenters. The summed E-state index contributed by atoms with van der Waals surface area (Å²) < 4.78 is 1.35. The van der Waals surface area contributed by atoms with Crippen molar-refractivity contribution in [3.8, 4) is 0 Å². The molecule has 0 spiro atoms. The lowest BCUT2D eigenvalue weighted by molar-refractivity contribution is -0.119. The Balaban J connectivity index is 1.95. The molecule has 0 saturated carbocycles. The lowest BCUT2D eigenvalue weighted by atomic mass is 10.1. The number of carbonyl (C=O) groups is 1.